The van der Waals surface area contributed by atoms with Gasteiger partial charge in [0.1, 0.15) is 23.7 Å². The summed E-state index contributed by atoms with van der Waals surface area (Å²) in [6.07, 6.45) is 6.60. The molecular weight excluding hydrogens is 579 g/mol. The first-order valence-corrected chi connectivity index (χ1v) is 11.0. The molecule has 0 aromatic heterocycles. The molecule has 0 saturated carbocycles. The first-order chi connectivity index (χ1) is 16.2. The number of carbonyl (C=O) groups excluding carboxylic acids is 3. The largest absolute Gasteiger partial charge is 0.495 e. The van der Waals surface area contributed by atoms with Gasteiger partial charge in [-0.3, -0.25) is 14.9 Å². The van der Waals surface area contributed by atoms with Crippen LogP contribution in [0.3, 0.4) is 0 Å². The number of urea groups is 1. The average Bonchev–Trinajstić information content (AvgIpc) is 2.81. The van der Waals surface area contributed by atoms with Crippen molar-refractivity contribution in [2.24, 2.45) is 0 Å². The van der Waals surface area contributed by atoms with Gasteiger partial charge in [-0.1, -0.05) is 17.5 Å². The highest BCUT2D eigenvalue weighted by Gasteiger charge is 2.38. The lowest BCUT2D eigenvalue weighted by atomic mass is 10.1. The second-order valence-electron chi connectivity index (χ2n) is 6.64. The van der Waals surface area contributed by atoms with Gasteiger partial charge in [-0.2, -0.15) is 0 Å². The van der Waals surface area contributed by atoms with Crippen LogP contribution in [0.15, 0.2) is 29.8 Å². The highest BCUT2D eigenvalue weighted by Crippen LogP contribution is 2.40. The highest BCUT2D eigenvalue weighted by atomic mass is 127. The predicted molar refractivity (Wildman–Crippen MR) is 134 cm³/mol. The number of hydrogen-bond donors (Lipinski definition) is 1. The summed E-state index contributed by atoms with van der Waals surface area (Å²) in [7, 11) is 4.19. The van der Waals surface area contributed by atoms with Gasteiger partial charge in [-0.15, -0.1) is 6.42 Å². The second-order valence-corrected chi connectivity index (χ2v) is 8.21. The molecule has 0 bridgehead atoms. The molecule has 0 radical (unpaired) electrons. The van der Waals surface area contributed by atoms with Crippen molar-refractivity contribution in [2.45, 2.75) is 0 Å². The van der Waals surface area contributed by atoms with E-state index in [4.69, 9.17) is 37.0 Å². The van der Waals surface area contributed by atoms with E-state index in [0.29, 0.717) is 20.6 Å². The van der Waals surface area contributed by atoms with E-state index in [9.17, 15) is 14.4 Å². The van der Waals surface area contributed by atoms with Crippen molar-refractivity contribution in [1.82, 2.24) is 5.32 Å². The van der Waals surface area contributed by atoms with Crippen LogP contribution in [0.1, 0.15) is 5.56 Å². The molecule has 1 saturated heterocycles. The van der Waals surface area contributed by atoms with Crippen LogP contribution in [-0.4, -0.2) is 45.8 Å². The summed E-state index contributed by atoms with van der Waals surface area (Å²) in [6, 6.07) is 5.08. The second kappa shape index (κ2) is 10.7. The van der Waals surface area contributed by atoms with Crippen LogP contribution >= 0.6 is 34.2 Å². The number of rotatable bonds is 7. The monoisotopic (exact) mass is 596 g/mol. The number of carbonyl (C=O) groups is 3. The van der Waals surface area contributed by atoms with E-state index in [1.54, 1.807) is 12.1 Å². The van der Waals surface area contributed by atoms with E-state index >= 15 is 0 Å². The fourth-order valence-electron chi connectivity index (χ4n) is 3.14. The first-order valence-electron chi connectivity index (χ1n) is 9.52. The van der Waals surface area contributed by atoms with Crippen molar-refractivity contribution in [3.63, 3.8) is 0 Å². The Morgan fingerprint density at radius 1 is 1.06 bits per heavy atom. The number of nitrogens with one attached hydrogen (secondary N) is 1. The third-order valence-electron chi connectivity index (χ3n) is 4.66. The normalized spacial score (nSPS) is 14.5. The third-order valence-corrected chi connectivity index (χ3v) is 5.76. The fourth-order valence-corrected chi connectivity index (χ4v) is 4.15. The Bertz CT molecular complexity index is 1250. The molecular formula is C23H18ClIN2O7. The molecule has 2 aromatic rings. The van der Waals surface area contributed by atoms with Crippen molar-refractivity contribution in [3.8, 4) is 35.3 Å². The molecule has 0 spiro atoms. The van der Waals surface area contributed by atoms with Gasteiger partial charge in [-0.05, 0) is 46.4 Å². The van der Waals surface area contributed by atoms with Crippen LogP contribution in [0.4, 0.5) is 10.5 Å². The molecule has 1 aliphatic rings. The fraction of sp³-hybridized carbons (Fsp3) is 0.174. The maximum Gasteiger partial charge on any atom is 0.336 e. The van der Waals surface area contributed by atoms with Gasteiger partial charge < -0.3 is 18.9 Å². The van der Waals surface area contributed by atoms with Crippen molar-refractivity contribution >= 4 is 63.8 Å². The van der Waals surface area contributed by atoms with E-state index < -0.39 is 17.8 Å². The Morgan fingerprint density at radius 3 is 2.35 bits per heavy atom. The quantitative estimate of drug-likeness (QED) is 0.225. The lowest BCUT2D eigenvalue weighted by Crippen LogP contribution is -2.54. The van der Waals surface area contributed by atoms with Crippen molar-refractivity contribution in [1.29, 1.82) is 0 Å². The number of anilines is 1. The Morgan fingerprint density at radius 2 is 1.74 bits per heavy atom. The summed E-state index contributed by atoms with van der Waals surface area (Å²) < 4.78 is 22.0. The van der Waals surface area contributed by atoms with E-state index in [1.165, 1.54) is 39.5 Å². The van der Waals surface area contributed by atoms with Gasteiger partial charge in [0.2, 0.25) is 0 Å². The minimum Gasteiger partial charge on any atom is -0.495 e. The van der Waals surface area contributed by atoms with E-state index in [0.717, 1.165) is 4.90 Å². The molecule has 9 nitrogen and oxygen atoms in total. The molecule has 1 N–H and O–H groups in total. The van der Waals surface area contributed by atoms with Crippen LogP contribution in [0.5, 0.6) is 23.0 Å². The molecule has 1 heterocycles. The summed E-state index contributed by atoms with van der Waals surface area (Å²) >= 11 is 8.15. The minimum atomic E-state index is -0.944. The Hall–Kier alpha value is -3.43. The smallest absolute Gasteiger partial charge is 0.336 e. The summed E-state index contributed by atoms with van der Waals surface area (Å²) in [6.45, 7) is 0.0388. The van der Waals surface area contributed by atoms with Crippen molar-refractivity contribution in [3.05, 3.63) is 44.0 Å². The SMILES string of the molecule is C#CCOc1c(I)cc(/C=C2\C(=O)NC(=O)N(c3cc(OC)c(Cl)cc3OC)C2=O)cc1OC. The standard InChI is InChI=1S/C23H18ClIN2O7/c1-5-6-34-20-15(25)8-12(9-19(20)33-4)7-13-21(28)26-23(30)27(22(13)29)16-11-17(31-2)14(24)10-18(16)32-3/h1,7-11H,6H2,2-4H3,(H,26,28,30)/b13-7+. The maximum atomic E-state index is 13.3. The lowest BCUT2D eigenvalue weighted by molar-refractivity contribution is -0.122. The van der Waals surface area contributed by atoms with Crippen LogP contribution in [0.2, 0.25) is 5.02 Å². The Labute approximate surface area is 214 Å². The molecule has 34 heavy (non-hydrogen) atoms. The molecule has 1 aliphatic heterocycles. The number of hydrogen-bond acceptors (Lipinski definition) is 7. The average molecular weight is 597 g/mol. The number of ether oxygens (including phenoxy) is 4. The molecule has 0 unspecified atom stereocenters. The first kappa shape index (κ1) is 25.2. The van der Waals surface area contributed by atoms with Gasteiger partial charge in [0.15, 0.2) is 11.5 Å². The molecule has 11 heteroatoms. The van der Waals surface area contributed by atoms with Gasteiger partial charge >= 0.3 is 6.03 Å². The van der Waals surface area contributed by atoms with Gasteiger partial charge in [0.25, 0.3) is 11.8 Å². The van der Waals surface area contributed by atoms with E-state index in [-0.39, 0.29) is 34.4 Å². The molecule has 1 fully saturated rings. The Balaban J connectivity index is 2.09. The van der Waals surface area contributed by atoms with Gasteiger partial charge in [0.05, 0.1) is 35.6 Å². The zero-order valence-electron chi connectivity index (χ0n) is 18.2. The van der Waals surface area contributed by atoms with E-state index in [1.807, 2.05) is 22.6 Å². The number of barbiturate groups is 1. The molecule has 2 aromatic carbocycles. The zero-order valence-corrected chi connectivity index (χ0v) is 21.1. The maximum absolute atomic E-state index is 13.3. The third kappa shape index (κ3) is 4.90. The van der Waals surface area contributed by atoms with E-state index in [2.05, 4.69) is 11.2 Å². The zero-order chi connectivity index (χ0) is 25.0. The van der Waals surface area contributed by atoms with Crippen LogP contribution < -0.4 is 29.2 Å². The van der Waals surface area contributed by atoms with Crippen LogP contribution in [0.25, 0.3) is 6.08 Å². The number of halogens is 2. The van der Waals surface area contributed by atoms with Gasteiger partial charge in [0, 0.05) is 12.1 Å². The molecule has 3 rings (SSSR count). The van der Waals surface area contributed by atoms with Crippen molar-refractivity contribution < 1.29 is 33.3 Å². The summed E-state index contributed by atoms with van der Waals surface area (Å²) in [5.74, 6) is 1.79. The summed E-state index contributed by atoms with van der Waals surface area (Å²) in [5.41, 5.74) is 0.225. The molecule has 0 atom stereocenters. The van der Waals surface area contributed by atoms with Crippen LogP contribution in [0, 0.1) is 15.9 Å². The number of amides is 4. The number of benzene rings is 2. The number of methoxy groups -OCH3 is 3. The molecule has 0 aliphatic carbocycles. The van der Waals surface area contributed by atoms with Gasteiger partial charge in [-0.25, -0.2) is 9.69 Å². The topological polar surface area (TPSA) is 103 Å². The summed E-state index contributed by atoms with van der Waals surface area (Å²) in [5, 5.41) is 2.38. The Kier molecular flexibility index (Phi) is 7.90. The predicted octanol–water partition coefficient (Wildman–Crippen LogP) is 3.65. The van der Waals surface area contributed by atoms with Crippen LogP contribution in [-0.2, 0) is 9.59 Å². The number of terminal acetylenes is 1. The highest BCUT2D eigenvalue weighted by molar-refractivity contribution is 14.1. The number of nitrogens with zero attached hydrogens (tertiary/aromatic N) is 1. The molecule has 176 valence electrons. The lowest BCUT2D eigenvalue weighted by Gasteiger charge is -2.28. The summed E-state index contributed by atoms with van der Waals surface area (Å²) in [4.78, 5) is 39.3. The van der Waals surface area contributed by atoms with Crippen molar-refractivity contribution in [2.75, 3.05) is 32.8 Å². The minimum absolute atomic E-state index is 0.0388. The molecule has 4 amide bonds. The number of imide groups is 2.